The third-order valence-corrected chi connectivity index (χ3v) is 4.42. The molecule has 0 aliphatic heterocycles. The van der Waals surface area contributed by atoms with Gasteiger partial charge in [-0.05, 0) is 49.4 Å². The molecule has 0 bridgehead atoms. The van der Waals surface area contributed by atoms with Gasteiger partial charge in [0.25, 0.3) is 0 Å². The van der Waals surface area contributed by atoms with Crippen molar-refractivity contribution < 1.29 is 0 Å². The van der Waals surface area contributed by atoms with Gasteiger partial charge < -0.3 is 10.6 Å². The molecule has 0 atom stereocenters. The van der Waals surface area contributed by atoms with E-state index in [2.05, 4.69) is 30.1 Å². The third-order valence-electron chi connectivity index (χ3n) is 4.11. The van der Waals surface area contributed by atoms with Crippen molar-refractivity contribution in [1.82, 2.24) is 0 Å². The van der Waals surface area contributed by atoms with Gasteiger partial charge in [-0.25, -0.2) is 0 Å². The summed E-state index contributed by atoms with van der Waals surface area (Å²) < 4.78 is 0. The highest BCUT2D eigenvalue weighted by atomic mass is 35.5. The predicted octanol–water partition coefficient (Wildman–Crippen LogP) is 3.86. The van der Waals surface area contributed by atoms with Gasteiger partial charge in [0.05, 0.1) is 10.7 Å². The van der Waals surface area contributed by atoms with Gasteiger partial charge in [0.2, 0.25) is 0 Å². The quantitative estimate of drug-likeness (QED) is 0.887. The number of hydrogen-bond acceptors (Lipinski definition) is 2. The summed E-state index contributed by atoms with van der Waals surface area (Å²) in [5.41, 5.74) is 7.95. The van der Waals surface area contributed by atoms with Crippen LogP contribution in [0.5, 0.6) is 0 Å². The van der Waals surface area contributed by atoms with Crippen molar-refractivity contribution in [3.8, 4) is 0 Å². The predicted molar refractivity (Wildman–Crippen MR) is 84.1 cm³/mol. The largest absolute Gasteiger partial charge is 0.373 e. The van der Waals surface area contributed by atoms with Gasteiger partial charge in [0.15, 0.2) is 0 Å². The van der Waals surface area contributed by atoms with E-state index in [1.54, 1.807) is 0 Å². The number of anilines is 1. The van der Waals surface area contributed by atoms with Gasteiger partial charge >= 0.3 is 0 Å². The number of nitrogens with zero attached hydrogens (tertiary/aromatic N) is 1. The van der Waals surface area contributed by atoms with Crippen molar-refractivity contribution in [2.75, 3.05) is 25.0 Å². The molecule has 1 aliphatic rings. The fourth-order valence-corrected chi connectivity index (χ4v) is 3.38. The Morgan fingerprint density at radius 2 is 2.00 bits per heavy atom. The maximum Gasteiger partial charge on any atom is 0.0642 e. The molecule has 19 heavy (non-hydrogen) atoms. The molecular weight excluding hydrogens is 256 g/mol. The monoisotopic (exact) mass is 280 g/mol. The van der Waals surface area contributed by atoms with Gasteiger partial charge in [-0.15, -0.1) is 0 Å². The Hall–Kier alpha value is -0.730. The third kappa shape index (κ3) is 4.12. The number of rotatable bonds is 5. The Morgan fingerprint density at radius 3 is 2.63 bits per heavy atom. The number of hydrogen-bond donors (Lipinski definition) is 1. The van der Waals surface area contributed by atoms with E-state index in [0.717, 1.165) is 29.6 Å². The van der Waals surface area contributed by atoms with Crippen molar-refractivity contribution in [2.45, 2.75) is 38.5 Å². The summed E-state index contributed by atoms with van der Waals surface area (Å²) >= 11 is 6.40. The Kier molecular flexibility index (Phi) is 5.53. The highest BCUT2D eigenvalue weighted by molar-refractivity contribution is 6.33. The number of nitrogens with two attached hydrogens (primary N) is 1. The van der Waals surface area contributed by atoms with Gasteiger partial charge in [0, 0.05) is 13.6 Å². The van der Waals surface area contributed by atoms with Crippen LogP contribution in [0.1, 0.15) is 37.7 Å². The molecule has 2 N–H and O–H groups in total. The van der Waals surface area contributed by atoms with E-state index in [0.29, 0.717) is 6.54 Å². The van der Waals surface area contributed by atoms with Crippen LogP contribution < -0.4 is 10.6 Å². The lowest BCUT2D eigenvalue weighted by Gasteiger charge is -2.29. The molecule has 0 aromatic heterocycles. The van der Waals surface area contributed by atoms with Crippen LogP contribution in [-0.4, -0.2) is 20.1 Å². The molecule has 3 heteroatoms. The lowest BCUT2D eigenvalue weighted by molar-refractivity contribution is 0.362. The highest BCUT2D eigenvalue weighted by Gasteiger charge is 2.16. The first-order valence-corrected chi connectivity index (χ1v) is 7.78. The van der Waals surface area contributed by atoms with Gasteiger partial charge in [-0.1, -0.05) is 36.9 Å². The average molecular weight is 281 g/mol. The normalized spacial score (nSPS) is 16.6. The average Bonchev–Trinajstić information content (AvgIpc) is 2.40. The molecule has 106 valence electrons. The van der Waals surface area contributed by atoms with E-state index in [9.17, 15) is 0 Å². The van der Waals surface area contributed by atoms with Crippen LogP contribution in [0.3, 0.4) is 0 Å². The molecular formula is C16H25ClN2. The van der Waals surface area contributed by atoms with Crippen LogP contribution in [0.15, 0.2) is 18.2 Å². The summed E-state index contributed by atoms with van der Waals surface area (Å²) in [4.78, 5) is 2.31. The van der Waals surface area contributed by atoms with Gasteiger partial charge in [0.1, 0.15) is 0 Å². The van der Waals surface area contributed by atoms with Crippen molar-refractivity contribution >= 4 is 17.3 Å². The SMILES string of the molecule is CN(CC1CCCCC1)c1ccc(CCN)cc1Cl. The molecule has 1 aromatic rings. The first-order valence-electron chi connectivity index (χ1n) is 7.40. The molecule has 1 saturated carbocycles. The summed E-state index contributed by atoms with van der Waals surface area (Å²) in [5, 5.41) is 0.851. The lowest BCUT2D eigenvalue weighted by atomic mass is 9.89. The summed E-state index contributed by atoms with van der Waals surface area (Å²) in [5.74, 6) is 0.832. The fourth-order valence-electron chi connectivity index (χ4n) is 3.04. The van der Waals surface area contributed by atoms with Crippen molar-refractivity contribution in [3.63, 3.8) is 0 Å². The van der Waals surface area contributed by atoms with Crippen molar-refractivity contribution in [1.29, 1.82) is 0 Å². The Bertz CT molecular complexity index is 400. The van der Waals surface area contributed by atoms with E-state index in [1.165, 1.54) is 37.7 Å². The molecule has 0 spiro atoms. The van der Waals surface area contributed by atoms with E-state index in [4.69, 9.17) is 17.3 Å². The first-order chi connectivity index (χ1) is 9.20. The smallest absolute Gasteiger partial charge is 0.0642 e. The molecule has 2 nitrogen and oxygen atoms in total. The Balaban J connectivity index is 1.99. The van der Waals surface area contributed by atoms with E-state index in [-0.39, 0.29) is 0 Å². The lowest BCUT2D eigenvalue weighted by Crippen LogP contribution is -2.27. The van der Waals surface area contributed by atoms with E-state index < -0.39 is 0 Å². The molecule has 0 heterocycles. The minimum absolute atomic E-state index is 0.674. The fraction of sp³-hybridized carbons (Fsp3) is 0.625. The number of halogens is 1. The minimum Gasteiger partial charge on any atom is -0.373 e. The second-order valence-corrected chi connectivity index (χ2v) is 6.12. The van der Waals surface area contributed by atoms with Crippen LogP contribution >= 0.6 is 11.6 Å². The van der Waals surface area contributed by atoms with Gasteiger partial charge in [-0.3, -0.25) is 0 Å². The molecule has 2 rings (SSSR count). The number of benzene rings is 1. The Labute approximate surface area is 121 Å². The topological polar surface area (TPSA) is 29.3 Å². The molecule has 1 fully saturated rings. The van der Waals surface area contributed by atoms with Crippen molar-refractivity contribution in [3.05, 3.63) is 28.8 Å². The zero-order valence-electron chi connectivity index (χ0n) is 11.9. The van der Waals surface area contributed by atoms with Crippen LogP contribution in [0.2, 0.25) is 5.02 Å². The molecule has 1 aromatic carbocycles. The molecule has 0 unspecified atom stereocenters. The van der Waals surface area contributed by atoms with Crippen LogP contribution in [0, 0.1) is 5.92 Å². The molecule has 0 saturated heterocycles. The summed E-state index contributed by atoms with van der Waals surface area (Å²) in [6, 6.07) is 6.34. The van der Waals surface area contributed by atoms with Crippen LogP contribution in [0.4, 0.5) is 5.69 Å². The zero-order valence-corrected chi connectivity index (χ0v) is 12.6. The maximum atomic E-state index is 6.40. The van der Waals surface area contributed by atoms with Crippen molar-refractivity contribution in [2.24, 2.45) is 11.7 Å². The van der Waals surface area contributed by atoms with Crippen LogP contribution in [-0.2, 0) is 6.42 Å². The molecule has 0 radical (unpaired) electrons. The second-order valence-electron chi connectivity index (χ2n) is 5.71. The Morgan fingerprint density at radius 1 is 1.26 bits per heavy atom. The van der Waals surface area contributed by atoms with Crippen LogP contribution in [0.25, 0.3) is 0 Å². The maximum absolute atomic E-state index is 6.40. The summed E-state index contributed by atoms with van der Waals surface area (Å²) in [6.07, 6.45) is 7.82. The summed E-state index contributed by atoms with van der Waals surface area (Å²) in [7, 11) is 2.15. The first kappa shape index (κ1) is 14.7. The van der Waals surface area contributed by atoms with E-state index >= 15 is 0 Å². The highest BCUT2D eigenvalue weighted by Crippen LogP contribution is 2.30. The van der Waals surface area contributed by atoms with Gasteiger partial charge in [-0.2, -0.15) is 0 Å². The molecule has 0 amide bonds. The zero-order chi connectivity index (χ0) is 13.7. The van der Waals surface area contributed by atoms with E-state index in [1.807, 2.05) is 0 Å². The second kappa shape index (κ2) is 7.16. The summed E-state index contributed by atoms with van der Waals surface area (Å²) in [6.45, 7) is 1.80. The minimum atomic E-state index is 0.674. The standard InChI is InChI=1S/C16H25ClN2/c1-19(12-14-5-3-2-4-6-14)16-8-7-13(9-10-18)11-15(16)17/h7-8,11,14H,2-6,9-10,12,18H2,1H3. The molecule has 1 aliphatic carbocycles.